The molecule has 1 atom stereocenters. The highest BCUT2D eigenvalue weighted by atomic mass is 79.9. The maximum atomic E-state index is 12.7. The normalized spacial score (nSPS) is 11.9. The predicted molar refractivity (Wildman–Crippen MR) is 87.3 cm³/mol. The van der Waals surface area contributed by atoms with Gasteiger partial charge in [0.1, 0.15) is 5.75 Å². The molecular formula is C15H10BrClO2S. The molecule has 2 nitrogen and oxygen atoms in total. The van der Waals surface area contributed by atoms with Gasteiger partial charge < -0.3 is 9.29 Å². The Morgan fingerprint density at radius 2 is 1.85 bits per heavy atom. The lowest BCUT2D eigenvalue weighted by Crippen LogP contribution is -1.80. The van der Waals surface area contributed by atoms with Crippen molar-refractivity contribution in [2.24, 2.45) is 0 Å². The predicted octanol–water partition coefficient (Wildman–Crippen LogP) is 5.66. The summed E-state index contributed by atoms with van der Waals surface area (Å²) < 4.78 is 19.5. The molecular weight excluding hydrogens is 360 g/mol. The molecule has 1 heterocycles. The van der Waals surface area contributed by atoms with E-state index in [2.05, 4.69) is 15.9 Å². The summed E-state index contributed by atoms with van der Waals surface area (Å²) in [5.41, 5.74) is 0.898. The first kappa shape index (κ1) is 13.9. The van der Waals surface area contributed by atoms with Crippen molar-refractivity contribution in [2.45, 2.75) is 0 Å². The van der Waals surface area contributed by atoms with E-state index >= 15 is 0 Å². The fourth-order valence-corrected chi connectivity index (χ4v) is 4.82. The van der Waals surface area contributed by atoms with Crippen LogP contribution in [0.3, 0.4) is 0 Å². The molecule has 0 amide bonds. The van der Waals surface area contributed by atoms with Gasteiger partial charge in [-0.3, -0.25) is 0 Å². The van der Waals surface area contributed by atoms with Crippen molar-refractivity contribution >= 4 is 48.4 Å². The van der Waals surface area contributed by atoms with E-state index < -0.39 is 10.8 Å². The molecule has 0 N–H and O–H groups in total. The van der Waals surface area contributed by atoms with Crippen LogP contribution in [0.4, 0.5) is 0 Å². The number of rotatable bonds is 2. The zero-order chi connectivity index (χ0) is 14.3. The summed E-state index contributed by atoms with van der Waals surface area (Å²) in [6.07, 6.45) is 0. The summed E-state index contributed by atoms with van der Waals surface area (Å²) in [6, 6.07) is 12.9. The minimum atomic E-state index is -1.23. The molecule has 2 aromatic carbocycles. The lowest BCUT2D eigenvalue weighted by Gasteiger charge is -2.00. The fraction of sp³-hybridized carbons (Fsp3) is 0.0667. The zero-order valence-corrected chi connectivity index (χ0v) is 13.7. The molecule has 0 bridgehead atoms. The van der Waals surface area contributed by atoms with E-state index in [4.69, 9.17) is 16.3 Å². The average Bonchev–Trinajstić information content (AvgIpc) is 2.72. The smallest absolute Gasteiger partial charge is 0.194 e. The Labute approximate surface area is 132 Å². The highest BCUT2D eigenvalue weighted by Gasteiger charge is 2.22. The van der Waals surface area contributed by atoms with Crippen LogP contribution in [0.15, 0.2) is 46.9 Å². The lowest BCUT2D eigenvalue weighted by atomic mass is 10.1. The van der Waals surface area contributed by atoms with Crippen LogP contribution < -0.4 is 4.74 Å². The van der Waals surface area contributed by atoms with E-state index in [-0.39, 0.29) is 0 Å². The Balaban J connectivity index is 2.28. The number of hydrogen-bond donors (Lipinski definition) is 0. The van der Waals surface area contributed by atoms with Crippen molar-refractivity contribution in [1.29, 1.82) is 0 Å². The third kappa shape index (κ3) is 2.23. The van der Waals surface area contributed by atoms with E-state index in [1.807, 2.05) is 30.3 Å². The van der Waals surface area contributed by atoms with Crippen molar-refractivity contribution in [2.75, 3.05) is 7.11 Å². The Kier molecular flexibility index (Phi) is 3.73. The second kappa shape index (κ2) is 5.37. The largest absolute Gasteiger partial charge is 0.590 e. The lowest BCUT2D eigenvalue weighted by molar-refractivity contribution is 0.415. The van der Waals surface area contributed by atoms with E-state index in [0.29, 0.717) is 10.8 Å². The Morgan fingerprint density at radius 1 is 1.15 bits per heavy atom. The molecule has 3 aromatic rings. The van der Waals surface area contributed by atoms with Gasteiger partial charge in [0.2, 0.25) is 0 Å². The van der Waals surface area contributed by atoms with E-state index in [9.17, 15) is 4.55 Å². The SMILES string of the molecule is COc1ccc2c(Br)c(-c3ccc(Cl)cc3)[s+]([O-])c2c1. The van der Waals surface area contributed by atoms with Crippen molar-refractivity contribution in [1.82, 2.24) is 0 Å². The Hall–Kier alpha value is -1.07. The van der Waals surface area contributed by atoms with Crippen LogP contribution in [-0.4, -0.2) is 11.7 Å². The van der Waals surface area contributed by atoms with Crippen LogP contribution in [0.2, 0.25) is 5.02 Å². The molecule has 102 valence electrons. The van der Waals surface area contributed by atoms with Crippen molar-refractivity contribution < 1.29 is 9.29 Å². The van der Waals surface area contributed by atoms with Crippen LogP contribution in [-0.2, 0) is 0 Å². The average molecular weight is 370 g/mol. The van der Waals surface area contributed by atoms with Gasteiger partial charge in [-0.1, -0.05) is 11.6 Å². The van der Waals surface area contributed by atoms with Crippen molar-refractivity contribution in [3.8, 4) is 16.2 Å². The quantitative estimate of drug-likeness (QED) is 0.546. The molecule has 1 unspecified atom stereocenters. The first-order chi connectivity index (χ1) is 9.61. The molecule has 0 aliphatic rings. The summed E-state index contributed by atoms with van der Waals surface area (Å²) in [6.45, 7) is 0. The number of methoxy groups -OCH3 is 1. The molecule has 0 saturated heterocycles. The minimum Gasteiger partial charge on any atom is -0.590 e. The number of thiophene rings is 1. The topological polar surface area (TPSA) is 32.3 Å². The highest BCUT2D eigenvalue weighted by Crippen LogP contribution is 2.48. The minimum absolute atomic E-state index is 0.661. The van der Waals surface area contributed by atoms with E-state index in [0.717, 1.165) is 25.0 Å². The van der Waals surface area contributed by atoms with Gasteiger partial charge in [-0.15, -0.1) is 0 Å². The van der Waals surface area contributed by atoms with Gasteiger partial charge in [-0.25, -0.2) is 0 Å². The maximum Gasteiger partial charge on any atom is 0.194 e. The van der Waals surface area contributed by atoms with Gasteiger partial charge in [0.05, 0.1) is 17.0 Å². The molecule has 0 saturated carbocycles. The monoisotopic (exact) mass is 368 g/mol. The van der Waals surface area contributed by atoms with Gasteiger partial charge in [0, 0.05) is 16.7 Å². The van der Waals surface area contributed by atoms with Gasteiger partial charge in [0.25, 0.3) is 0 Å². The van der Waals surface area contributed by atoms with Crippen molar-refractivity contribution in [3.63, 3.8) is 0 Å². The molecule has 0 aliphatic heterocycles. The van der Waals surface area contributed by atoms with Gasteiger partial charge in [-0.2, -0.15) is 0 Å². The van der Waals surface area contributed by atoms with E-state index in [1.54, 1.807) is 19.2 Å². The molecule has 0 aliphatic carbocycles. The number of benzene rings is 2. The van der Waals surface area contributed by atoms with E-state index in [1.165, 1.54) is 0 Å². The number of halogens is 2. The van der Waals surface area contributed by atoms with Crippen LogP contribution in [0, 0.1) is 0 Å². The van der Waals surface area contributed by atoms with Gasteiger partial charge in [-0.05, 0) is 63.1 Å². The molecule has 20 heavy (non-hydrogen) atoms. The first-order valence-electron chi connectivity index (χ1n) is 5.87. The number of ether oxygens (including phenoxy) is 1. The molecule has 1 aromatic heterocycles. The number of hydrogen-bond acceptors (Lipinski definition) is 2. The summed E-state index contributed by atoms with van der Waals surface area (Å²) in [7, 11) is 0.374. The molecule has 0 radical (unpaired) electrons. The highest BCUT2D eigenvalue weighted by molar-refractivity contribution is 9.10. The molecule has 5 heteroatoms. The Bertz CT molecular complexity index is 781. The standard InChI is InChI=1S/C15H10BrClO2S/c1-19-11-6-7-12-13(8-11)20(18)15(14(12)16)9-2-4-10(17)5-3-9/h2-8H,1H3. The van der Waals surface area contributed by atoms with Gasteiger partial charge >= 0.3 is 0 Å². The molecule has 3 rings (SSSR count). The van der Waals surface area contributed by atoms with Crippen LogP contribution >= 0.6 is 38.3 Å². The second-order valence-electron chi connectivity index (χ2n) is 4.28. The first-order valence-corrected chi connectivity index (χ1v) is 8.20. The van der Waals surface area contributed by atoms with Crippen molar-refractivity contribution in [3.05, 3.63) is 52.0 Å². The van der Waals surface area contributed by atoms with Crippen LogP contribution in [0.1, 0.15) is 0 Å². The zero-order valence-electron chi connectivity index (χ0n) is 10.5. The van der Waals surface area contributed by atoms with Crippen LogP contribution in [0.25, 0.3) is 20.5 Å². The third-order valence-electron chi connectivity index (χ3n) is 3.12. The maximum absolute atomic E-state index is 12.7. The summed E-state index contributed by atoms with van der Waals surface area (Å²) in [5, 5.41) is 1.60. The summed E-state index contributed by atoms with van der Waals surface area (Å²) in [5.74, 6) is 0.703. The summed E-state index contributed by atoms with van der Waals surface area (Å²) >= 11 is 9.46. The second-order valence-corrected chi connectivity index (χ2v) is 6.90. The summed E-state index contributed by atoms with van der Waals surface area (Å²) in [4.78, 5) is 0.768. The molecule has 0 spiro atoms. The fourth-order valence-electron chi connectivity index (χ4n) is 2.11. The van der Waals surface area contributed by atoms with Crippen LogP contribution in [0.5, 0.6) is 5.75 Å². The number of fused-ring (bicyclic) bond motifs is 1. The van der Waals surface area contributed by atoms with Gasteiger partial charge in [0.15, 0.2) is 9.58 Å². The third-order valence-corrected chi connectivity index (χ3v) is 6.00. The Morgan fingerprint density at radius 3 is 2.50 bits per heavy atom. The molecule has 0 fully saturated rings.